The molecule has 45 heavy (non-hydrogen) atoms. The first-order valence-corrected chi connectivity index (χ1v) is 15.2. The third-order valence-corrected chi connectivity index (χ3v) is 8.69. The predicted molar refractivity (Wildman–Crippen MR) is 187 cm³/mol. The van der Waals surface area contributed by atoms with Crippen molar-refractivity contribution in [3.8, 4) is 22.3 Å². The Hall–Kier alpha value is -6.06. The van der Waals surface area contributed by atoms with Crippen LogP contribution in [0.4, 0.5) is 17.1 Å². The minimum atomic E-state index is 0.861. The van der Waals surface area contributed by atoms with Gasteiger partial charge in [-0.15, -0.1) is 0 Å². The van der Waals surface area contributed by atoms with Gasteiger partial charge in [-0.2, -0.15) is 0 Å². The van der Waals surface area contributed by atoms with E-state index >= 15 is 0 Å². The van der Waals surface area contributed by atoms with Crippen molar-refractivity contribution in [2.24, 2.45) is 0 Å². The zero-order valence-corrected chi connectivity index (χ0v) is 24.4. The van der Waals surface area contributed by atoms with E-state index in [1.807, 2.05) is 24.3 Å². The van der Waals surface area contributed by atoms with E-state index in [1.165, 1.54) is 11.1 Å². The summed E-state index contributed by atoms with van der Waals surface area (Å²) in [5.74, 6) is 0. The molecule has 3 nitrogen and oxygen atoms in total. The predicted octanol–water partition coefficient (Wildman–Crippen LogP) is 12.3. The molecular weight excluding hydrogens is 550 g/mol. The Bertz CT molecular complexity index is 2490. The molecule has 0 bridgehead atoms. The molecular formula is C42H27NO2. The number of nitrogens with zero attached hydrogens (tertiary/aromatic N) is 1. The third-order valence-electron chi connectivity index (χ3n) is 8.69. The zero-order valence-electron chi connectivity index (χ0n) is 24.4. The molecule has 0 aliphatic heterocycles. The first kappa shape index (κ1) is 25.4. The molecule has 2 heterocycles. The van der Waals surface area contributed by atoms with Crippen molar-refractivity contribution in [1.82, 2.24) is 0 Å². The molecule has 0 spiro atoms. The van der Waals surface area contributed by atoms with Crippen LogP contribution in [0.1, 0.15) is 0 Å². The summed E-state index contributed by atoms with van der Waals surface area (Å²) in [5, 5.41) is 4.41. The summed E-state index contributed by atoms with van der Waals surface area (Å²) < 4.78 is 12.7. The molecule has 0 unspecified atom stereocenters. The maximum absolute atomic E-state index is 6.36. The molecule has 3 heteroatoms. The highest BCUT2D eigenvalue weighted by Crippen LogP contribution is 2.47. The lowest BCUT2D eigenvalue weighted by atomic mass is 9.96. The number of benzene rings is 7. The molecule has 0 saturated carbocycles. The minimum Gasteiger partial charge on any atom is -0.456 e. The largest absolute Gasteiger partial charge is 0.456 e. The van der Waals surface area contributed by atoms with Crippen molar-refractivity contribution in [1.29, 1.82) is 0 Å². The molecule has 0 aliphatic rings. The summed E-state index contributed by atoms with van der Waals surface area (Å²) in [6.07, 6.45) is 0. The number of hydrogen-bond acceptors (Lipinski definition) is 3. The summed E-state index contributed by atoms with van der Waals surface area (Å²) >= 11 is 0. The van der Waals surface area contributed by atoms with Gasteiger partial charge in [-0.05, 0) is 65.2 Å². The SMILES string of the molecule is c1ccc(-c2ccc(N(c3ccccc3-c3cccc4oc5ccccc5c34)c3cccc4oc5ccccc5c34)cc2)cc1. The summed E-state index contributed by atoms with van der Waals surface area (Å²) in [4.78, 5) is 2.37. The second-order valence-electron chi connectivity index (χ2n) is 11.3. The zero-order chi connectivity index (χ0) is 29.7. The Morgan fingerprint density at radius 2 is 0.844 bits per heavy atom. The Labute approximate surface area is 260 Å². The highest BCUT2D eigenvalue weighted by molar-refractivity contribution is 6.16. The molecule has 212 valence electrons. The van der Waals surface area contributed by atoms with Crippen LogP contribution in [-0.4, -0.2) is 0 Å². The number of anilines is 3. The van der Waals surface area contributed by atoms with Crippen LogP contribution in [0.5, 0.6) is 0 Å². The van der Waals surface area contributed by atoms with Crippen LogP contribution < -0.4 is 4.90 Å². The van der Waals surface area contributed by atoms with Crippen molar-refractivity contribution in [3.05, 3.63) is 164 Å². The second-order valence-corrected chi connectivity index (χ2v) is 11.3. The van der Waals surface area contributed by atoms with E-state index in [4.69, 9.17) is 8.83 Å². The minimum absolute atomic E-state index is 0.861. The fourth-order valence-electron chi connectivity index (χ4n) is 6.68. The molecule has 0 N–H and O–H groups in total. The van der Waals surface area contributed by atoms with E-state index in [1.54, 1.807) is 0 Å². The van der Waals surface area contributed by atoms with Crippen molar-refractivity contribution in [3.63, 3.8) is 0 Å². The fourth-order valence-corrected chi connectivity index (χ4v) is 6.68. The van der Waals surface area contributed by atoms with Gasteiger partial charge in [-0.3, -0.25) is 0 Å². The molecule has 7 aromatic carbocycles. The Morgan fingerprint density at radius 1 is 0.333 bits per heavy atom. The first-order chi connectivity index (χ1) is 22.3. The van der Waals surface area contributed by atoms with Crippen molar-refractivity contribution < 1.29 is 8.83 Å². The fraction of sp³-hybridized carbons (Fsp3) is 0. The molecule has 2 aromatic heterocycles. The van der Waals surface area contributed by atoms with E-state index in [2.05, 4.69) is 144 Å². The van der Waals surface area contributed by atoms with Crippen LogP contribution in [0.25, 0.3) is 66.1 Å². The quantitative estimate of drug-likeness (QED) is 0.204. The van der Waals surface area contributed by atoms with E-state index in [0.717, 1.165) is 72.1 Å². The first-order valence-electron chi connectivity index (χ1n) is 15.2. The lowest BCUT2D eigenvalue weighted by Crippen LogP contribution is -2.11. The molecule has 0 aliphatic carbocycles. The highest BCUT2D eigenvalue weighted by Gasteiger charge is 2.23. The van der Waals surface area contributed by atoms with Crippen LogP contribution >= 0.6 is 0 Å². The van der Waals surface area contributed by atoms with Crippen molar-refractivity contribution in [2.75, 3.05) is 4.90 Å². The normalized spacial score (nSPS) is 11.6. The van der Waals surface area contributed by atoms with Gasteiger partial charge >= 0.3 is 0 Å². The number of rotatable bonds is 5. The molecule has 0 saturated heterocycles. The average molecular weight is 578 g/mol. The van der Waals surface area contributed by atoms with Gasteiger partial charge in [0.25, 0.3) is 0 Å². The monoisotopic (exact) mass is 577 g/mol. The Morgan fingerprint density at radius 3 is 1.60 bits per heavy atom. The van der Waals surface area contributed by atoms with Gasteiger partial charge in [-0.1, -0.05) is 115 Å². The highest BCUT2D eigenvalue weighted by atomic mass is 16.3. The number of furan rings is 2. The van der Waals surface area contributed by atoms with Crippen molar-refractivity contribution >= 4 is 60.9 Å². The number of fused-ring (bicyclic) bond motifs is 6. The van der Waals surface area contributed by atoms with Crippen LogP contribution in [0, 0.1) is 0 Å². The van der Waals surface area contributed by atoms with Gasteiger partial charge in [0.05, 0.1) is 16.8 Å². The standard InChI is InChI=1S/C42H27NO2/c1-2-12-28(13-3-1)29-24-26-30(27-25-29)43(36-19-11-23-40-42(36)34-16-6-9-21-38(34)45-40)35-18-7-4-14-31(35)32-17-10-22-39-41(32)33-15-5-8-20-37(33)44-39/h1-27H. The number of hydrogen-bond donors (Lipinski definition) is 0. The van der Waals surface area contributed by atoms with Crippen molar-refractivity contribution in [2.45, 2.75) is 0 Å². The lowest BCUT2D eigenvalue weighted by molar-refractivity contribution is 0.668. The molecule has 0 amide bonds. The molecule has 9 rings (SSSR count). The second kappa shape index (κ2) is 10.3. The molecule has 0 radical (unpaired) electrons. The summed E-state index contributed by atoms with van der Waals surface area (Å²) in [5.41, 5.74) is 11.3. The van der Waals surface area contributed by atoms with Gasteiger partial charge in [0.15, 0.2) is 0 Å². The Balaban J connectivity index is 1.33. The van der Waals surface area contributed by atoms with Crippen LogP contribution in [0.3, 0.4) is 0 Å². The average Bonchev–Trinajstić information content (AvgIpc) is 3.68. The van der Waals surface area contributed by atoms with E-state index in [0.29, 0.717) is 0 Å². The van der Waals surface area contributed by atoms with Crippen LogP contribution in [-0.2, 0) is 0 Å². The third kappa shape index (κ3) is 4.13. The summed E-state index contributed by atoms with van der Waals surface area (Å²) in [7, 11) is 0. The van der Waals surface area contributed by atoms with E-state index < -0.39 is 0 Å². The van der Waals surface area contributed by atoms with E-state index in [-0.39, 0.29) is 0 Å². The van der Waals surface area contributed by atoms with Gasteiger partial charge in [0.1, 0.15) is 22.3 Å². The van der Waals surface area contributed by atoms with Crippen LogP contribution in [0.15, 0.2) is 173 Å². The topological polar surface area (TPSA) is 29.5 Å². The maximum atomic E-state index is 6.36. The Kier molecular flexibility index (Phi) is 5.82. The smallest absolute Gasteiger partial charge is 0.137 e. The molecule has 0 atom stereocenters. The molecule has 0 fully saturated rings. The van der Waals surface area contributed by atoms with E-state index in [9.17, 15) is 0 Å². The van der Waals surface area contributed by atoms with Gasteiger partial charge in [0, 0.05) is 27.4 Å². The summed E-state index contributed by atoms with van der Waals surface area (Å²) in [6, 6.07) is 57.2. The van der Waals surface area contributed by atoms with Gasteiger partial charge in [0.2, 0.25) is 0 Å². The van der Waals surface area contributed by atoms with Gasteiger partial charge < -0.3 is 13.7 Å². The molecule has 9 aromatic rings. The summed E-state index contributed by atoms with van der Waals surface area (Å²) in [6.45, 7) is 0. The number of para-hydroxylation sites is 3. The maximum Gasteiger partial charge on any atom is 0.137 e. The van der Waals surface area contributed by atoms with Crippen LogP contribution in [0.2, 0.25) is 0 Å². The van der Waals surface area contributed by atoms with Gasteiger partial charge in [-0.25, -0.2) is 0 Å². The lowest BCUT2D eigenvalue weighted by Gasteiger charge is -2.29.